The van der Waals surface area contributed by atoms with Gasteiger partial charge in [-0.3, -0.25) is 0 Å². The van der Waals surface area contributed by atoms with Crippen LogP contribution in [0.5, 0.6) is 5.88 Å². The molecule has 4 nitrogen and oxygen atoms in total. The van der Waals surface area contributed by atoms with Crippen LogP contribution in [0.1, 0.15) is 23.6 Å². The van der Waals surface area contributed by atoms with Gasteiger partial charge in [-0.15, -0.1) is 5.11 Å². The van der Waals surface area contributed by atoms with Gasteiger partial charge < -0.3 is 10.1 Å². The molecule has 4 heteroatoms. The fourth-order valence-corrected chi connectivity index (χ4v) is 2.67. The molecule has 0 aliphatic carbocycles. The van der Waals surface area contributed by atoms with E-state index in [0.717, 1.165) is 34.1 Å². The van der Waals surface area contributed by atoms with E-state index >= 15 is 0 Å². The SMILES string of the molecule is CCc1cccc2c(N=Nc3ccc(C)cc3C)c(O)[nH]c12. The molecule has 0 atom stereocenters. The molecule has 3 aromatic rings. The molecule has 0 saturated carbocycles. The number of aromatic hydroxyl groups is 1. The Labute approximate surface area is 129 Å². The number of hydrogen-bond acceptors (Lipinski definition) is 3. The van der Waals surface area contributed by atoms with Crippen molar-refractivity contribution < 1.29 is 5.11 Å². The number of fused-ring (bicyclic) bond motifs is 1. The lowest BCUT2D eigenvalue weighted by molar-refractivity contribution is 0.459. The second-order valence-electron chi connectivity index (χ2n) is 5.51. The van der Waals surface area contributed by atoms with Crippen molar-refractivity contribution >= 4 is 22.3 Å². The monoisotopic (exact) mass is 293 g/mol. The van der Waals surface area contributed by atoms with Gasteiger partial charge in [-0.05, 0) is 37.5 Å². The molecule has 0 aliphatic rings. The van der Waals surface area contributed by atoms with E-state index in [2.05, 4.69) is 28.2 Å². The molecule has 0 radical (unpaired) electrons. The van der Waals surface area contributed by atoms with Crippen LogP contribution in [-0.2, 0) is 6.42 Å². The molecule has 3 rings (SSSR count). The zero-order valence-electron chi connectivity index (χ0n) is 13.0. The van der Waals surface area contributed by atoms with Gasteiger partial charge in [0.25, 0.3) is 0 Å². The number of azo groups is 1. The first-order valence-corrected chi connectivity index (χ1v) is 7.41. The molecule has 0 spiro atoms. The summed E-state index contributed by atoms with van der Waals surface area (Å²) in [5.74, 6) is 0.0596. The van der Waals surface area contributed by atoms with Crippen LogP contribution in [-0.4, -0.2) is 10.1 Å². The molecule has 0 fully saturated rings. The summed E-state index contributed by atoms with van der Waals surface area (Å²) in [6.45, 7) is 6.14. The number of aromatic amines is 1. The first-order valence-electron chi connectivity index (χ1n) is 7.41. The first kappa shape index (κ1) is 14.3. The van der Waals surface area contributed by atoms with Gasteiger partial charge in [-0.2, -0.15) is 5.11 Å². The van der Waals surface area contributed by atoms with E-state index in [1.807, 2.05) is 44.2 Å². The Morgan fingerprint density at radius 2 is 1.91 bits per heavy atom. The average molecular weight is 293 g/mol. The highest BCUT2D eigenvalue weighted by atomic mass is 16.3. The molecule has 22 heavy (non-hydrogen) atoms. The van der Waals surface area contributed by atoms with Crippen LogP contribution in [0.4, 0.5) is 11.4 Å². The largest absolute Gasteiger partial charge is 0.493 e. The topological polar surface area (TPSA) is 60.7 Å². The highest BCUT2D eigenvalue weighted by molar-refractivity contribution is 5.96. The summed E-state index contributed by atoms with van der Waals surface area (Å²) in [7, 11) is 0. The maximum atomic E-state index is 10.1. The first-order chi connectivity index (χ1) is 10.6. The van der Waals surface area contributed by atoms with Crippen LogP contribution in [0.15, 0.2) is 46.6 Å². The smallest absolute Gasteiger partial charge is 0.218 e. The van der Waals surface area contributed by atoms with Gasteiger partial charge in [-0.1, -0.05) is 42.8 Å². The maximum absolute atomic E-state index is 10.1. The van der Waals surface area contributed by atoms with Crippen LogP contribution in [0.25, 0.3) is 10.9 Å². The fraction of sp³-hybridized carbons (Fsp3) is 0.222. The average Bonchev–Trinajstić information content (AvgIpc) is 2.82. The highest BCUT2D eigenvalue weighted by Crippen LogP contribution is 2.38. The maximum Gasteiger partial charge on any atom is 0.218 e. The predicted molar refractivity (Wildman–Crippen MR) is 89.4 cm³/mol. The van der Waals surface area contributed by atoms with E-state index < -0.39 is 0 Å². The molecule has 0 saturated heterocycles. The summed E-state index contributed by atoms with van der Waals surface area (Å²) in [5.41, 5.74) is 5.64. The van der Waals surface area contributed by atoms with Gasteiger partial charge >= 0.3 is 0 Å². The van der Waals surface area contributed by atoms with E-state index in [0.29, 0.717) is 5.69 Å². The third-order valence-corrected chi connectivity index (χ3v) is 3.86. The Bertz CT molecular complexity index is 862. The number of benzene rings is 2. The van der Waals surface area contributed by atoms with Gasteiger partial charge in [0.1, 0.15) is 0 Å². The Kier molecular flexibility index (Phi) is 3.67. The summed E-state index contributed by atoms with van der Waals surface area (Å²) in [6, 6.07) is 12.0. The molecule has 0 unspecified atom stereocenters. The summed E-state index contributed by atoms with van der Waals surface area (Å²) in [4.78, 5) is 3.01. The zero-order chi connectivity index (χ0) is 15.7. The molecule has 1 aromatic heterocycles. The lowest BCUT2D eigenvalue weighted by atomic mass is 10.1. The van der Waals surface area contributed by atoms with E-state index in [1.165, 1.54) is 5.56 Å². The van der Waals surface area contributed by atoms with Crippen molar-refractivity contribution in [3.63, 3.8) is 0 Å². The second-order valence-corrected chi connectivity index (χ2v) is 5.51. The van der Waals surface area contributed by atoms with Crippen LogP contribution in [0.3, 0.4) is 0 Å². The summed E-state index contributed by atoms with van der Waals surface area (Å²) in [6.07, 6.45) is 0.894. The number of hydrogen-bond donors (Lipinski definition) is 2. The third-order valence-electron chi connectivity index (χ3n) is 3.86. The Morgan fingerprint density at radius 1 is 1.09 bits per heavy atom. The van der Waals surface area contributed by atoms with E-state index in [1.54, 1.807) is 0 Å². The van der Waals surface area contributed by atoms with Gasteiger partial charge in [0.2, 0.25) is 5.88 Å². The van der Waals surface area contributed by atoms with Crippen molar-refractivity contribution in [1.82, 2.24) is 4.98 Å². The molecule has 112 valence electrons. The van der Waals surface area contributed by atoms with E-state index in [9.17, 15) is 5.11 Å². The number of nitrogens with zero attached hydrogens (tertiary/aromatic N) is 2. The molecule has 1 heterocycles. The van der Waals surface area contributed by atoms with E-state index in [-0.39, 0.29) is 5.88 Å². The van der Waals surface area contributed by atoms with Crippen LogP contribution >= 0.6 is 0 Å². The van der Waals surface area contributed by atoms with Crippen molar-refractivity contribution in [3.05, 3.63) is 53.1 Å². The fourth-order valence-electron chi connectivity index (χ4n) is 2.67. The third kappa shape index (κ3) is 2.48. The van der Waals surface area contributed by atoms with Crippen molar-refractivity contribution in [1.29, 1.82) is 0 Å². The lowest BCUT2D eigenvalue weighted by Gasteiger charge is -2.00. The van der Waals surface area contributed by atoms with E-state index in [4.69, 9.17) is 0 Å². The molecule has 2 N–H and O–H groups in total. The van der Waals surface area contributed by atoms with Gasteiger partial charge in [0.05, 0.1) is 11.2 Å². The number of rotatable bonds is 3. The molecular weight excluding hydrogens is 274 g/mol. The van der Waals surface area contributed by atoms with Crippen molar-refractivity contribution in [2.24, 2.45) is 10.2 Å². The van der Waals surface area contributed by atoms with Crippen LogP contribution < -0.4 is 0 Å². The van der Waals surface area contributed by atoms with Gasteiger partial charge in [-0.25, -0.2) is 0 Å². The standard InChI is InChI=1S/C18H19N3O/c1-4-13-6-5-7-14-16(13)19-18(22)17(14)21-20-15-9-8-11(2)10-12(15)3/h5-10,19,22H,4H2,1-3H3. The predicted octanol–water partition coefficient (Wildman–Crippen LogP) is 5.47. The number of H-pyrrole nitrogens is 1. The minimum absolute atomic E-state index is 0.0596. The molecule has 0 bridgehead atoms. The summed E-state index contributed by atoms with van der Waals surface area (Å²) >= 11 is 0. The molecular formula is C18H19N3O. The van der Waals surface area contributed by atoms with Crippen LogP contribution in [0.2, 0.25) is 0 Å². The zero-order valence-corrected chi connectivity index (χ0v) is 13.0. The highest BCUT2D eigenvalue weighted by Gasteiger charge is 2.12. The van der Waals surface area contributed by atoms with Crippen LogP contribution in [0, 0.1) is 13.8 Å². The Morgan fingerprint density at radius 3 is 2.64 bits per heavy atom. The van der Waals surface area contributed by atoms with Gasteiger partial charge in [0.15, 0.2) is 5.69 Å². The second kappa shape index (κ2) is 5.64. The Balaban J connectivity index is 2.07. The minimum Gasteiger partial charge on any atom is -0.493 e. The summed E-state index contributed by atoms with van der Waals surface area (Å²) < 4.78 is 0. The van der Waals surface area contributed by atoms with Gasteiger partial charge in [0, 0.05) is 5.39 Å². The number of para-hydroxylation sites is 1. The molecule has 0 amide bonds. The minimum atomic E-state index is 0.0596. The van der Waals surface area contributed by atoms with Crippen molar-refractivity contribution in [3.8, 4) is 5.88 Å². The van der Waals surface area contributed by atoms with Crippen molar-refractivity contribution in [2.45, 2.75) is 27.2 Å². The Hall–Kier alpha value is -2.62. The van der Waals surface area contributed by atoms with Crippen molar-refractivity contribution in [2.75, 3.05) is 0 Å². The molecule has 2 aromatic carbocycles. The number of nitrogens with one attached hydrogen (secondary N) is 1. The quantitative estimate of drug-likeness (QED) is 0.618. The number of aryl methyl sites for hydroxylation is 3. The molecule has 0 aliphatic heterocycles. The summed E-state index contributed by atoms with van der Waals surface area (Å²) in [5, 5.41) is 19.6. The number of aromatic nitrogens is 1. The normalized spacial score (nSPS) is 11.6. The lowest BCUT2D eigenvalue weighted by Crippen LogP contribution is -1.81.